The first-order valence-electron chi connectivity index (χ1n) is 13.4. The number of carbonyl (C=O) groups is 1. The molecule has 224 valence electrons. The number of benzene rings is 5. The molecule has 0 aliphatic heterocycles. The van der Waals surface area contributed by atoms with E-state index in [1.54, 1.807) is 66.7 Å². The molecule has 44 heavy (non-hydrogen) atoms. The molecule has 12 heteroatoms. The number of rotatable bonds is 10. The van der Waals surface area contributed by atoms with E-state index in [4.69, 9.17) is 11.1 Å². The van der Waals surface area contributed by atoms with Crippen LogP contribution in [-0.2, 0) is 24.7 Å². The monoisotopic (exact) mass is 628 g/mol. The maximum atomic E-state index is 13.6. The van der Waals surface area contributed by atoms with E-state index in [1.807, 2.05) is 12.1 Å². The highest BCUT2D eigenvalue weighted by atomic mass is 32.2. The summed E-state index contributed by atoms with van der Waals surface area (Å²) in [7, 11) is -9.51. The lowest BCUT2D eigenvalue weighted by molar-refractivity contribution is -0.121. The van der Waals surface area contributed by atoms with Crippen LogP contribution in [0.4, 0.5) is 0 Å². The van der Waals surface area contributed by atoms with Gasteiger partial charge in [0.05, 0.1) is 11.4 Å². The van der Waals surface area contributed by atoms with E-state index in [2.05, 4.69) is 10.0 Å². The molecule has 5 rings (SSSR count). The van der Waals surface area contributed by atoms with E-state index >= 15 is 0 Å². The first-order valence-corrected chi connectivity index (χ1v) is 16.5. The Morgan fingerprint density at radius 3 is 2.07 bits per heavy atom. The van der Waals surface area contributed by atoms with Crippen molar-refractivity contribution in [3.8, 4) is 11.1 Å². The van der Waals surface area contributed by atoms with Gasteiger partial charge in [-0.25, -0.2) is 13.1 Å². The minimum Gasteiger partial charge on any atom is -0.384 e. The second-order valence-corrected chi connectivity index (χ2v) is 13.6. The zero-order valence-electron chi connectivity index (χ0n) is 23.2. The van der Waals surface area contributed by atoms with Crippen LogP contribution < -0.4 is 15.8 Å². The van der Waals surface area contributed by atoms with Crippen molar-refractivity contribution in [2.45, 2.75) is 10.2 Å². The molecule has 0 aliphatic rings. The Balaban J connectivity index is 1.59. The standard InChI is InChI=1S/C32H29N4O6PS/c33-31(34)25-16-18-29(28(20-25)23-10-3-1-4-11-23)32(43(38,39)40,26-13-5-2-6-14-26)36-30(37)21-35-44(41,42)27-17-15-22-9-7-8-12-24(22)19-27/h1-20,35H,21H2,(H3,33,34)(H,36,37)(H2,38,39,40). The number of amides is 1. The Kier molecular flexibility index (Phi) is 8.51. The van der Waals surface area contributed by atoms with E-state index in [9.17, 15) is 27.6 Å². The highest BCUT2D eigenvalue weighted by Gasteiger charge is 2.52. The van der Waals surface area contributed by atoms with Gasteiger partial charge in [0.2, 0.25) is 15.9 Å². The predicted octanol–water partition coefficient (Wildman–Crippen LogP) is 4.26. The van der Waals surface area contributed by atoms with Crippen LogP contribution in [0.1, 0.15) is 16.7 Å². The lowest BCUT2D eigenvalue weighted by Gasteiger charge is -2.37. The third-order valence-electron chi connectivity index (χ3n) is 7.21. The molecule has 10 nitrogen and oxygen atoms in total. The first-order chi connectivity index (χ1) is 20.9. The molecule has 0 aromatic heterocycles. The van der Waals surface area contributed by atoms with Crippen LogP contribution in [0, 0.1) is 5.41 Å². The van der Waals surface area contributed by atoms with Crippen LogP contribution in [0.3, 0.4) is 0 Å². The highest BCUT2D eigenvalue weighted by Crippen LogP contribution is 2.60. The molecule has 7 N–H and O–H groups in total. The van der Waals surface area contributed by atoms with Crippen molar-refractivity contribution in [2.24, 2.45) is 5.73 Å². The second kappa shape index (κ2) is 12.2. The van der Waals surface area contributed by atoms with E-state index in [1.165, 1.54) is 42.5 Å². The summed E-state index contributed by atoms with van der Waals surface area (Å²) in [6, 6.07) is 32.5. The Morgan fingerprint density at radius 2 is 1.43 bits per heavy atom. The predicted molar refractivity (Wildman–Crippen MR) is 169 cm³/mol. The molecule has 1 unspecified atom stereocenters. The zero-order valence-corrected chi connectivity index (χ0v) is 24.9. The first kappa shape index (κ1) is 30.8. The molecule has 0 bridgehead atoms. The molecule has 0 saturated carbocycles. The van der Waals surface area contributed by atoms with Crippen LogP contribution >= 0.6 is 7.60 Å². The average molecular weight is 629 g/mol. The topological polar surface area (TPSA) is 183 Å². The van der Waals surface area contributed by atoms with Crippen molar-refractivity contribution >= 4 is 40.1 Å². The molecular formula is C32H29N4O6PS. The SMILES string of the molecule is N=C(N)c1ccc(C(NC(=O)CNS(=O)(=O)c2ccc3ccccc3c2)(c2ccccc2)P(=O)(O)O)c(-c2ccccc2)c1. The number of hydrogen-bond donors (Lipinski definition) is 6. The van der Waals surface area contributed by atoms with Crippen LogP contribution in [0.15, 0.2) is 126 Å². The summed E-state index contributed by atoms with van der Waals surface area (Å²) in [6.07, 6.45) is 0. The summed E-state index contributed by atoms with van der Waals surface area (Å²) in [5, 5.41) is 9.52. The van der Waals surface area contributed by atoms with Crippen LogP contribution in [0.25, 0.3) is 21.9 Å². The van der Waals surface area contributed by atoms with Crippen molar-refractivity contribution in [1.29, 1.82) is 5.41 Å². The molecule has 0 spiro atoms. The smallest absolute Gasteiger partial charge is 0.360 e. The van der Waals surface area contributed by atoms with Gasteiger partial charge in [-0.05, 0) is 45.7 Å². The van der Waals surface area contributed by atoms with Gasteiger partial charge >= 0.3 is 7.60 Å². The molecule has 1 atom stereocenters. The molecule has 0 aliphatic carbocycles. The second-order valence-electron chi connectivity index (χ2n) is 10.0. The number of sulfonamides is 1. The lowest BCUT2D eigenvalue weighted by Crippen LogP contribution is -2.50. The fourth-order valence-corrected chi connectivity index (χ4v) is 7.36. The summed E-state index contributed by atoms with van der Waals surface area (Å²) in [5.41, 5.74) is 7.00. The molecule has 0 radical (unpaired) electrons. The molecule has 0 saturated heterocycles. The third kappa shape index (κ3) is 6.05. The summed E-state index contributed by atoms with van der Waals surface area (Å²) >= 11 is 0. The Bertz CT molecular complexity index is 2020. The molecule has 1 amide bonds. The normalized spacial score (nSPS) is 13.2. The maximum absolute atomic E-state index is 13.6. The van der Waals surface area contributed by atoms with Gasteiger partial charge in [0.25, 0.3) is 0 Å². The quantitative estimate of drug-likeness (QED) is 0.0758. The Hall–Kier alpha value is -4.64. The van der Waals surface area contributed by atoms with Gasteiger partial charge in [-0.1, -0.05) is 103 Å². The lowest BCUT2D eigenvalue weighted by atomic mass is 9.88. The summed E-state index contributed by atoms with van der Waals surface area (Å²) < 4.78 is 42.2. The van der Waals surface area contributed by atoms with Gasteiger partial charge in [0.1, 0.15) is 5.84 Å². The van der Waals surface area contributed by atoms with Gasteiger partial charge in [-0.2, -0.15) is 0 Å². The van der Waals surface area contributed by atoms with Gasteiger partial charge in [0, 0.05) is 11.1 Å². The van der Waals surface area contributed by atoms with E-state index < -0.39 is 35.4 Å². The minimum absolute atomic E-state index is 0.0268. The van der Waals surface area contributed by atoms with Crippen LogP contribution in [0.2, 0.25) is 0 Å². The maximum Gasteiger partial charge on any atom is 0.360 e. The van der Waals surface area contributed by atoms with Gasteiger partial charge < -0.3 is 20.8 Å². The number of amidine groups is 1. The van der Waals surface area contributed by atoms with Gasteiger partial charge in [-0.15, -0.1) is 0 Å². The van der Waals surface area contributed by atoms with Crippen LogP contribution in [0.5, 0.6) is 0 Å². The number of nitrogen functional groups attached to an aromatic ring is 1. The van der Waals surface area contributed by atoms with E-state index in [0.29, 0.717) is 22.1 Å². The molecular weight excluding hydrogens is 599 g/mol. The fourth-order valence-electron chi connectivity index (χ4n) is 5.08. The van der Waals surface area contributed by atoms with Gasteiger partial charge in [0.15, 0.2) is 5.28 Å². The van der Waals surface area contributed by atoms with Gasteiger partial charge in [-0.3, -0.25) is 14.8 Å². The average Bonchev–Trinajstić information content (AvgIpc) is 3.02. The largest absolute Gasteiger partial charge is 0.384 e. The minimum atomic E-state index is -5.33. The van der Waals surface area contributed by atoms with Crippen molar-refractivity contribution in [3.63, 3.8) is 0 Å². The number of carbonyl (C=O) groups excluding carboxylic acids is 1. The van der Waals surface area contributed by atoms with Crippen molar-refractivity contribution in [2.75, 3.05) is 6.54 Å². The number of fused-ring (bicyclic) bond motifs is 1. The highest BCUT2D eigenvalue weighted by molar-refractivity contribution is 7.89. The van der Waals surface area contributed by atoms with Crippen LogP contribution in [-0.4, -0.2) is 36.5 Å². The zero-order chi connectivity index (χ0) is 31.5. The summed E-state index contributed by atoms with van der Waals surface area (Å²) in [4.78, 5) is 35.5. The summed E-state index contributed by atoms with van der Waals surface area (Å²) in [6.45, 7) is -0.810. The van der Waals surface area contributed by atoms with Crippen molar-refractivity contribution in [1.82, 2.24) is 10.0 Å². The molecule has 0 heterocycles. The Morgan fingerprint density at radius 1 is 0.818 bits per heavy atom. The molecule has 0 fully saturated rings. The Labute approximate surface area is 254 Å². The van der Waals surface area contributed by atoms with Crippen molar-refractivity contribution in [3.05, 3.63) is 138 Å². The third-order valence-corrected chi connectivity index (χ3v) is 10.1. The number of hydrogen-bond acceptors (Lipinski definition) is 5. The number of nitrogens with two attached hydrogens (primary N) is 1. The molecule has 5 aromatic rings. The fraction of sp³-hybridized carbons (Fsp3) is 0.0625. The van der Waals surface area contributed by atoms with Crippen molar-refractivity contribution < 1.29 is 27.6 Å². The van der Waals surface area contributed by atoms with E-state index in [-0.39, 0.29) is 21.9 Å². The molecule has 5 aromatic carbocycles. The summed E-state index contributed by atoms with van der Waals surface area (Å²) in [5.74, 6) is -1.25. The van der Waals surface area contributed by atoms with E-state index in [0.717, 1.165) is 5.39 Å². The number of nitrogens with one attached hydrogen (secondary N) is 3.